The molecule has 0 radical (unpaired) electrons. The summed E-state index contributed by atoms with van der Waals surface area (Å²) < 4.78 is 6.63. The SMILES string of the molecule is O=C1C[C@@H](COC(c2ccccc2)(c2ccccc2)c2ccccc2)N1. The Morgan fingerprint density at radius 1 is 0.769 bits per heavy atom. The first-order valence-corrected chi connectivity index (χ1v) is 8.89. The Labute approximate surface area is 153 Å². The second-order valence-corrected chi connectivity index (χ2v) is 6.56. The average Bonchev–Trinajstić information content (AvgIpc) is 2.69. The van der Waals surface area contributed by atoms with Crippen molar-refractivity contribution in [3.8, 4) is 0 Å². The van der Waals surface area contributed by atoms with E-state index in [1.807, 2.05) is 54.6 Å². The van der Waals surface area contributed by atoms with Gasteiger partial charge >= 0.3 is 0 Å². The van der Waals surface area contributed by atoms with Gasteiger partial charge < -0.3 is 10.1 Å². The van der Waals surface area contributed by atoms with Crippen LogP contribution in [0.15, 0.2) is 91.0 Å². The van der Waals surface area contributed by atoms with Gasteiger partial charge in [0.1, 0.15) is 5.60 Å². The molecular weight excluding hydrogens is 322 g/mol. The van der Waals surface area contributed by atoms with Crippen LogP contribution in [-0.4, -0.2) is 18.6 Å². The number of carbonyl (C=O) groups is 1. The zero-order valence-corrected chi connectivity index (χ0v) is 14.5. The summed E-state index contributed by atoms with van der Waals surface area (Å²) in [6.07, 6.45) is 0.522. The Morgan fingerprint density at radius 2 is 1.15 bits per heavy atom. The molecule has 1 aliphatic heterocycles. The molecule has 1 N–H and O–H groups in total. The van der Waals surface area contributed by atoms with E-state index in [9.17, 15) is 4.79 Å². The molecule has 0 aliphatic carbocycles. The van der Waals surface area contributed by atoms with Crippen molar-refractivity contribution in [2.24, 2.45) is 0 Å². The predicted octanol–water partition coefficient (Wildman–Crippen LogP) is 3.88. The molecule has 1 heterocycles. The van der Waals surface area contributed by atoms with Gasteiger partial charge in [0.25, 0.3) is 0 Å². The first-order valence-electron chi connectivity index (χ1n) is 8.89. The number of benzene rings is 3. The second-order valence-electron chi connectivity index (χ2n) is 6.56. The normalized spacial score (nSPS) is 16.6. The smallest absolute Gasteiger partial charge is 0.222 e. The Kier molecular flexibility index (Phi) is 4.55. The van der Waals surface area contributed by atoms with Crippen LogP contribution in [0.5, 0.6) is 0 Å². The number of rotatable bonds is 6. The molecule has 1 fully saturated rings. The molecule has 4 rings (SSSR count). The number of hydrogen-bond acceptors (Lipinski definition) is 2. The number of amides is 1. The monoisotopic (exact) mass is 343 g/mol. The number of carbonyl (C=O) groups excluding carboxylic acids is 1. The minimum Gasteiger partial charge on any atom is -0.359 e. The lowest BCUT2D eigenvalue weighted by Crippen LogP contribution is -2.52. The first kappa shape index (κ1) is 16.6. The van der Waals surface area contributed by atoms with Gasteiger partial charge in [0, 0.05) is 6.42 Å². The standard InChI is InChI=1S/C23H21NO2/c25-22-16-21(24-22)17-26-23(18-10-4-1-5-11-18,19-12-6-2-7-13-19)20-14-8-3-9-15-20/h1-15,21H,16-17H2,(H,24,25)/t21-/m0/s1. The van der Waals surface area contributed by atoms with Gasteiger partial charge in [0.15, 0.2) is 0 Å². The Morgan fingerprint density at radius 3 is 1.50 bits per heavy atom. The molecule has 3 heteroatoms. The van der Waals surface area contributed by atoms with E-state index in [1.165, 1.54) is 0 Å². The molecule has 1 amide bonds. The number of ether oxygens (including phenoxy) is 1. The summed E-state index contributed by atoms with van der Waals surface area (Å²) in [6, 6.07) is 30.9. The molecule has 0 bridgehead atoms. The number of nitrogens with one attached hydrogen (secondary N) is 1. The van der Waals surface area contributed by atoms with Crippen molar-refractivity contribution < 1.29 is 9.53 Å². The van der Waals surface area contributed by atoms with E-state index in [2.05, 4.69) is 41.7 Å². The number of β-lactam (4-membered cyclic amide) rings is 1. The quantitative estimate of drug-likeness (QED) is 0.545. The molecule has 1 aliphatic rings. The van der Waals surface area contributed by atoms with Crippen molar-refractivity contribution in [1.29, 1.82) is 0 Å². The van der Waals surface area contributed by atoms with Crippen molar-refractivity contribution in [3.05, 3.63) is 108 Å². The van der Waals surface area contributed by atoms with Crippen LogP contribution in [0.2, 0.25) is 0 Å². The highest BCUT2D eigenvalue weighted by Gasteiger charge is 2.39. The van der Waals surface area contributed by atoms with Crippen molar-refractivity contribution in [2.75, 3.05) is 6.61 Å². The zero-order valence-electron chi connectivity index (χ0n) is 14.5. The van der Waals surface area contributed by atoms with Gasteiger partial charge in [-0.05, 0) is 16.7 Å². The van der Waals surface area contributed by atoms with Gasteiger partial charge in [-0.15, -0.1) is 0 Å². The average molecular weight is 343 g/mol. The minimum atomic E-state index is -0.718. The van der Waals surface area contributed by atoms with E-state index >= 15 is 0 Å². The fraction of sp³-hybridized carbons (Fsp3) is 0.174. The summed E-state index contributed by atoms with van der Waals surface area (Å²) in [7, 11) is 0. The van der Waals surface area contributed by atoms with Crippen LogP contribution in [0, 0.1) is 0 Å². The molecule has 3 aromatic rings. The Hall–Kier alpha value is -2.91. The minimum absolute atomic E-state index is 0.0676. The van der Waals surface area contributed by atoms with Crippen molar-refractivity contribution >= 4 is 5.91 Å². The lowest BCUT2D eigenvalue weighted by atomic mass is 9.80. The second kappa shape index (κ2) is 7.14. The molecule has 0 unspecified atom stereocenters. The topological polar surface area (TPSA) is 38.3 Å². The van der Waals surface area contributed by atoms with Gasteiger partial charge in [0.05, 0.1) is 12.6 Å². The Balaban J connectivity index is 1.83. The summed E-state index contributed by atoms with van der Waals surface area (Å²) in [5.74, 6) is 0.0864. The first-order chi connectivity index (χ1) is 12.8. The van der Waals surface area contributed by atoms with Crippen molar-refractivity contribution in [3.63, 3.8) is 0 Å². The van der Waals surface area contributed by atoms with Crippen LogP contribution in [0.4, 0.5) is 0 Å². The maximum atomic E-state index is 11.3. The fourth-order valence-corrected chi connectivity index (χ4v) is 3.53. The van der Waals surface area contributed by atoms with E-state index in [-0.39, 0.29) is 11.9 Å². The highest BCUT2D eigenvalue weighted by atomic mass is 16.5. The van der Waals surface area contributed by atoms with Gasteiger partial charge in [-0.3, -0.25) is 4.79 Å². The third kappa shape index (κ3) is 3.02. The fourth-order valence-electron chi connectivity index (χ4n) is 3.53. The molecule has 0 saturated carbocycles. The zero-order chi connectivity index (χ0) is 17.8. The highest BCUT2D eigenvalue weighted by molar-refractivity contribution is 5.82. The molecule has 26 heavy (non-hydrogen) atoms. The molecule has 1 atom stereocenters. The van der Waals surface area contributed by atoms with E-state index in [4.69, 9.17) is 4.74 Å². The Bertz CT molecular complexity index is 758. The molecule has 0 spiro atoms. The third-order valence-corrected chi connectivity index (χ3v) is 4.84. The van der Waals surface area contributed by atoms with Crippen LogP contribution in [0.1, 0.15) is 23.1 Å². The van der Waals surface area contributed by atoms with Crippen LogP contribution >= 0.6 is 0 Å². The predicted molar refractivity (Wildman–Crippen MR) is 102 cm³/mol. The van der Waals surface area contributed by atoms with Gasteiger partial charge in [-0.2, -0.15) is 0 Å². The lowest BCUT2D eigenvalue weighted by molar-refractivity contribution is -0.131. The molecule has 3 aromatic carbocycles. The number of hydrogen-bond donors (Lipinski definition) is 1. The lowest BCUT2D eigenvalue weighted by Gasteiger charge is -2.38. The summed E-state index contributed by atoms with van der Waals surface area (Å²) in [4.78, 5) is 11.3. The molecule has 1 saturated heterocycles. The van der Waals surface area contributed by atoms with E-state index in [0.717, 1.165) is 16.7 Å². The maximum Gasteiger partial charge on any atom is 0.222 e. The summed E-state index contributed by atoms with van der Waals surface area (Å²) in [6.45, 7) is 0.463. The molecule has 0 aromatic heterocycles. The summed E-state index contributed by atoms with van der Waals surface area (Å²) >= 11 is 0. The van der Waals surface area contributed by atoms with E-state index < -0.39 is 5.60 Å². The van der Waals surface area contributed by atoms with Crippen molar-refractivity contribution in [2.45, 2.75) is 18.1 Å². The highest BCUT2D eigenvalue weighted by Crippen LogP contribution is 2.40. The van der Waals surface area contributed by atoms with E-state index in [0.29, 0.717) is 13.0 Å². The largest absolute Gasteiger partial charge is 0.359 e. The van der Waals surface area contributed by atoms with Crippen LogP contribution in [0.25, 0.3) is 0 Å². The van der Waals surface area contributed by atoms with E-state index in [1.54, 1.807) is 0 Å². The van der Waals surface area contributed by atoms with Crippen LogP contribution < -0.4 is 5.32 Å². The van der Waals surface area contributed by atoms with Crippen LogP contribution in [-0.2, 0) is 15.1 Å². The van der Waals surface area contributed by atoms with Crippen LogP contribution in [0.3, 0.4) is 0 Å². The maximum absolute atomic E-state index is 11.3. The van der Waals surface area contributed by atoms with Crippen molar-refractivity contribution in [1.82, 2.24) is 5.32 Å². The summed E-state index contributed by atoms with van der Waals surface area (Å²) in [5, 5.41) is 2.91. The summed E-state index contributed by atoms with van der Waals surface area (Å²) in [5.41, 5.74) is 2.50. The van der Waals surface area contributed by atoms with Gasteiger partial charge in [-0.25, -0.2) is 0 Å². The molecule has 130 valence electrons. The third-order valence-electron chi connectivity index (χ3n) is 4.84. The van der Waals surface area contributed by atoms with Gasteiger partial charge in [-0.1, -0.05) is 91.0 Å². The molecular formula is C23H21NO2. The molecule has 3 nitrogen and oxygen atoms in total. The van der Waals surface area contributed by atoms with Gasteiger partial charge in [0.2, 0.25) is 5.91 Å².